The number of nitrogens with one attached hydrogen (secondary N) is 1. The van der Waals surface area contributed by atoms with E-state index in [9.17, 15) is 13.2 Å². The highest BCUT2D eigenvalue weighted by molar-refractivity contribution is 7.92. The molecular formula is C16H24N2O4S. The summed E-state index contributed by atoms with van der Waals surface area (Å²) in [6, 6.07) is 6.98. The zero-order chi connectivity index (χ0) is 16.7. The maximum Gasteiger partial charge on any atom is 0.232 e. The summed E-state index contributed by atoms with van der Waals surface area (Å²) in [5.41, 5.74) is 1.40. The Kier molecular flexibility index (Phi) is 6.41. The Labute approximate surface area is 137 Å². The van der Waals surface area contributed by atoms with Gasteiger partial charge in [0.1, 0.15) is 0 Å². The van der Waals surface area contributed by atoms with E-state index in [1.54, 1.807) is 29.2 Å². The first-order chi connectivity index (χ1) is 11.0. The number of sulfonamides is 1. The molecule has 0 spiro atoms. The molecule has 0 saturated carbocycles. The van der Waals surface area contributed by atoms with Crippen LogP contribution in [0.2, 0.25) is 0 Å². The van der Waals surface area contributed by atoms with Crippen LogP contribution in [-0.2, 0) is 26.0 Å². The van der Waals surface area contributed by atoms with Gasteiger partial charge >= 0.3 is 0 Å². The van der Waals surface area contributed by atoms with Crippen molar-refractivity contribution in [3.05, 3.63) is 29.8 Å². The Morgan fingerprint density at radius 1 is 1.22 bits per heavy atom. The van der Waals surface area contributed by atoms with Crippen LogP contribution in [0.15, 0.2) is 24.3 Å². The molecule has 128 valence electrons. The van der Waals surface area contributed by atoms with Crippen molar-refractivity contribution in [1.29, 1.82) is 0 Å². The highest BCUT2D eigenvalue weighted by Crippen LogP contribution is 2.13. The zero-order valence-electron chi connectivity index (χ0n) is 13.5. The minimum atomic E-state index is -3.29. The van der Waals surface area contributed by atoms with Crippen molar-refractivity contribution in [2.75, 3.05) is 36.8 Å². The van der Waals surface area contributed by atoms with E-state index in [4.69, 9.17) is 4.74 Å². The lowest BCUT2D eigenvalue weighted by atomic mass is 10.1. The summed E-state index contributed by atoms with van der Waals surface area (Å²) in [5.74, 6) is 0.199. The molecule has 1 aliphatic heterocycles. The second-order valence-corrected chi connectivity index (χ2v) is 7.48. The number of ether oxygens (including phenoxy) is 1. The van der Waals surface area contributed by atoms with Crippen LogP contribution in [0.1, 0.15) is 25.3 Å². The fourth-order valence-electron chi connectivity index (χ4n) is 2.35. The summed E-state index contributed by atoms with van der Waals surface area (Å²) in [4.78, 5) is 14.0. The molecule has 1 aromatic rings. The molecule has 0 aromatic heterocycles. The van der Waals surface area contributed by atoms with Gasteiger partial charge in [0.25, 0.3) is 0 Å². The summed E-state index contributed by atoms with van der Waals surface area (Å²) in [6.07, 6.45) is 1.80. The number of morpholine rings is 1. The van der Waals surface area contributed by atoms with Gasteiger partial charge in [-0.1, -0.05) is 25.5 Å². The van der Waals surface area contributed by atoms with Crippen LogP contribution < -0.4 is 4.72 Å². The first-order valence-electron chi connectivity index (χ1n) is 7.95. The van der Waals surface area contributed by atoms with Gasteiger partial charge in [0.2, 0.25) is 15.9 Å². The van der Waals surface area contributed by atoms with Gasteiger partial charge in [0.05, 0.1) is 25.4 Å². The lowest BCUT2D eigenvalue weighted by molar-refractivity contribution is -0.134. The standard InChI is InChI=1S/C16H24N2O4S/c1-2-3-12-23(20,21)17-15-6-4-14(5-7-15)13-16(19)18-8-10-22-11-9-18/h4-7,17H,2-3,8-13H2,1H3. The van der Waals surface area contributed by atoms with Gasteiger partial charge in [-0.25, -0.2) is 8.42 Å². The molecule has 23 heavy (non-hydrogen) atoms. The van der Waals surface area contributed by atoms with E-state index in [2.05, 4.69) is 4.72 Å². The number of anilines is 1. The number of carbonyl (C=O) groups is 1. The topological polar surface area (TPSA) is 75.7 Å². The fraction of sp³-hybridized carbons (Fsp3) is 0.562. The summed E-state index contributed by atoms with van der Waals surface area (Å²) >= 11 is 0. The molecule has 2 rings (SSSR count). The van der Waals surface area contributed by atoms with Crippen LogP contribution in [-0.4, -0.2) is 51.3 Å². The second kappa shape index (κ2) is 8.31. The van der Waals surface area contributed by atoms with E-state index in [1.807, 2.05) is 6.92 Å². The first-order valence-corrected chi connectivity index (χ1v) is 9.60. The number of hydrogen-bond donors (Lipinski definition) is 1. The number of rotatable bonds is 7. The summed E-state index contributed by atoms with van der Waals surface area (Å²) < 4.78 is 31.5. The van der Waals surface area contributed by atoms with Crippen molar-refractivity contribution in [1.82, 2.24) is 4.90 Å². The Bertz CT molecular complexity index is 607. The molecule has 1 saturated heterocycles. The van der Waals surface area contributed by atoms with Crippen molar-refractivity contribution in [3.8, 4) is 0 Å². The van der Waals surface area contributed by atoms with E-state index in [-0.39, 0.29) is 11.7 Å². The molecule has 0 aliphatic carbocycles. The van der Waals surface area contributed by atoms with Crippen LogP contribution in [0.25, 0.3) is 0 Å². The third-order valence-electron chi connectivity index (χ3n) is 3.71. The van der Waals surface area contributed by atoms with Crippen molar-refractivity contribution in [2.24, 2.45) is 0 Å². The third-order valence-corrected chi connectivity index (χ3v) is 5.09. The molecule has 1 aliphatic rings. The third kappa shape index (κ3) is 5.84. The van der Waals surface area contributed by atoms with Gasteiger partial charge < -0.3 is 9.64 Å². The Hall–Kier alpha value is -1.60. The van der Waals surface area contributed by atoms with Gasteiger partial charge in [-0.05, 0) is 24.1 Å². The van der Waals surface area contributed by atoms with Crippen LogP contribution in [0, 0.1) is 0 Å². The maximum absolute atomic E-state index is 12.2. The lowest BCUT2D eigenvalue weighted by Crippen LogP contribution is -2.41. The molecule has 1 amide bonds. The Morgan fingerprint density at radius 3 is 2.48 bits per heavy atom. The molecule has 0 atom stereocenters. The van der Waals surface area contributed by atoms with Gasteiger partial charge in [0.15, 0.2) is 0 Å². The number of unbranched alkanes of at least 4 members (excludes halogenated alkanes) is 1. The number of benzene rings is 1. The molecular weight excluding hydrogens is 316 g/mol. The SMILES string of the molecule is CCCCS(=O)(=O)Nc1ccc(CC(=O)N2CCOCC2)cc1. The van der Waals surface area contributed by atoms with Crippen LogP contribution in [0.4, 0.5) is 5.69 Å². The molecule has 1 aromatic carbocycles. The second-order valence-electron chi connectivity index (χ2n) is 5.64. The minimum absolute atomic E-state index is 0.0737. The normalized spacial score (nSPS) is 15.4. The molecule has 1 heterocycles. The Morgan fingerprint density at radius 2 is 1.87 bits per heavy atom. The van der Waals surface area contributed by atoms with Crippen LogP contribution in [0.5, 0.6) is 0 Å². The minimum Gasteiger partial charge on any atom is -0.378 e. The van der Waals surface area contributed by atoms with Crippen molar-refractivity contribution in [2.45, 2.75) is 26.2 Å². The van der Waals surface area contributed by atoms with E-state index in [1.165, 1.54) is 0 Å². The number of amides is 1. The summed E-state index contributed by atoms with van der Waals surface area (Å²) in [6.45, 7) is 4.40. The van der Waals surface area contributed by atoms with Gasteiger partial charge in [-0.3, -0.25) is 9.52 Å². The van der Waals surface area contributed by atoms with Crippen molar-refractivity contribution < 1.29 is 17.9 Å². The number of carbonyl (C=O) groups excluding carboxylic acids is 1. The van der Waals surface area contributed by atoms with Gasteiger partial charge in [0, 0.05) is 18.8 Å². The summed E-state index contributed by atoms with van der Waals surface area (Å²) in [7, 11) is -3.29. The van der Waals surface area contributed by atoms with E-state index in [0.29, 0.717) is 44.8 Å². The predicted octanol–water partition coefficient (Wildman–Crippen LogP) is 1.63. The summed E-state index contributed by atoms with van der Waals surface area (Å²) in [5, 5.41) is 0. The monoisotopic (exact) mass is 340 g/mol. The van der Waals surface area contributed by atoms with E-state index in [0.717, 1.165) is 12.0 Å². The molecule has 0 unspecified atom stereocenters. The molecule has 0 bridgehead atoms. The molecule has 0 radical (unpaired) electrons. The van der Waals surface area contributed by atoms with Crippen LogP contribution >= 0.6 is 0 Å². The molecule has 1 N–H and O–H groups in total. The predicted molar refractivity (Wildman–Crippen MR) is 89.9 cm³/mol. The van der Waals surface area contributed by atoms with E-state index >= 15 is 0 Å². The van der Waals surface area contributed by atoms with Crippen molar-refractivity contribution in [3.63, 3.8) is 0 Å². The lowest BCUT2D eigenvalue weighted by Gasteiger charge is -2.26. The average molecular weight is 340 g/mol. The molecule has 1 fully saturated rings. The Balaban J connectivity index is 1.90. The largest absolute Gasteiger partial charge is 0.378 e. The zero-order valence-corrected chi connectivity index (χ0v) is 14.3. The molecule has 7 heteroatoms. The number of hydrogen-bond acceptors (Lipinski definition) is 4. The average Bonchev–Trinajstić information content (AvgIpc) is 2.55. The quantitative estimate of drug-likeness (QED) is 0.818. The van der Waals surface area contributed by atoms with Crippen molar-refractivity contribution >= 4 is 21.6 Å². The van der Waals surface area contributed by atoms with Gasteiger partial charge in [-0.2, -0.15) is 0 Å². The number of nitrogens with zero attached hydrogens (tertiary/aromatic N) is 1. The van der Waals surface area contributed by atoms with E-state index < -0.39 is 10.0 Å². The van der Waals surface area contributed by atoms with Crippen LogP contribution in [0.3, 0.4) is 0 Å². The first kappa shape index (κ1) is 17.7. The van der Waals surface area contributed by atoms with Gasteiger partial charge in [-0.15, -0.1) is 0 Å². The molecule has 6 nitrogen and oxygen atoms in total. The smallest absolute Gasteiger partial charge is 0.232 e. The fourth-order valence-corrected chi connectivity index (χ4v) is 3.62. The highest BCUT2D eigenvalue weighted by atomic mass is 32.2. The maximum atomic E-state index is 12.2. The highest BCUT2D eigenvalue weighted by Gasteiger charge is 2.17.